The number of piperidine rings is 1. The minimum absolute atomic E-state index is 0.0437. The highest BCUT2D eigenvalue weighted by molar-refractivity contribution is 5.73. The summed E-state index contributed by atoms with van der Waals surface area (Å²) in [7, 11) is 0. The van der Waals surface area contributed by atoms with E-state index >= 15 is 0 Å². The lowest BCUT2D eigenvalue weighted by Crippen LogP contribution is -2.45. The summed E-state index contributed by atoms with van der Waals surface area (Å²) >= 11 is 0. The molecule has 2 fully saturated rings. The predicted molar refractivity (Wildman–Crippen MR) is 151 cm³/mol. The molecule has 6 nitrogen and oxygen atoms in total. The molecule has 2 aromatic carbocycles. The molecule has 0 spiro atoms. The quantitative estimate of drug-likeness (QED) is 0.453. The summed E-state index contributed by atoms with van der Waals surface area (Å²) in [5, 5.41) is 3.20. The molecule has 0 aliphatic carbocycles. The number of aryl methyl sites for hydroxylation is 1. The zero-order valence-corrected chi connectivity index (χ0v) is 22.9. The van der Waals surface area contributed by atoms with E-state index in [1.807, 2.05) is 6.07 Å². The van der Waals surface area contributed by atoms with Crippen LogP contribution in [0, 0.1) is 6.92 Å². The number of hydrogen-bond acceptors (Lipinski definition) is 4. The Labute approximate surface area is 227 Å². The molecule has 1 amide bonds. The third kappa shape index (κ3) is 5.29. The Morgan fingerprint density at radius 3 is 2.37 bits per heavy atom. The predicted octanol–water partition coefficient (Wildman–Crippen LogP) is 5.19. The summed E-state index contributed by atoms with van der Waals surface area (Å²) in [5.41, 5.74) is 5.36. The van der Waals surface area contributed by atoms with E-state index in [0.717, 1.165) is 39.0 Å². The monoisotopic (exact) mass is 511 g/mol. The summed E-state index contributed by atoms with van der Waals surface area (Å²) < 4.78 is 2.62. The SMILES string of the molecule is CC(=O)N[C@@H](CCN1[C@@H]2CC[C@H]1CC(n1c(C)nc3c1CN(Cc1ccccc1)CC3)C2)c1ccccc1. The van der Waals surface area contributed by atoms with Crippen LogP contribution in [0.1, 0.15) is 79.5 Å². The van der Waals surface area contributed by atoms with Crippen LogP contribution in [0.5, 0.6) is 0 Å². The van der Waals surface area contributed by atoms with Crippen LogP contribution < -0.4 is 5.32 Å². The van der Waals surface area contributed by atoms with Gasteiger partial charge in [-0.2, -0.15) is 0 Å². The molecule has 2 bridgehead atoms. The van der Waals surface area contributed by atoms with E-state index in [9.17, 15) is 4.79 Å². The smallest absolute Gasteiger partial charge is 0.217 e. The zero-order valence-electron chi connectivity index (χ0n) is 22.9. The normalized spacial score (nSPS) is 24.2. The van der Waals surface area contributed by atoms with Crippen LogP contribution in [0.3, 0.4) is 0 Å². The summed E-state index contributed by atoms with van der Waals surface area (Å²) in [6, 6.07) is 23.1. The van der Waals surface area contributed by atoms with Gasteiger partial charge in [-0.05, 0) is 50.2 Å². The van der Waals surface area contributed by atoms with Gasteiger partial charge in [0, 0.05) is 57.6 Å². The van der Waals surface area contributed by atoms with Gasteiger partial charge in [0.1, 0.15) is 5.82 Å². The van der Waals surface area contributed by atoms with Crippen molar-refractivity contribution in [3.8, 4) is 0 Å². The first-order chi connectivity index (χ1) is 18.5. The lowest BCUT2D eigenvalue weighted by atomic mass is 9.95. The lowest BCUT2D eigenvalue weighted by molar-refractivity contribution is -0.119. The highest BCUT2D eigenvalue weighted by Crippen LogP contribution is 2.43. The number of fused-ring (bicyclic) bond motifs is 3. The van der Waals surface area contributed by atoms with Crippen LogP contribution in [0.25, 0.3) is 0 Å². The van der Waals surface area contributed by atoms with Gasteiger partial charge in [-0.1, -0.05) is 60.7 Å². The largest absolute Gasteiger partial charge is 0.349 e. The Morgan fingerprint density at radius 1 is 1.00 bits per heavy atom. The molecule has 3 aliphatic heterocycles. The van der Waals surface area contributed by atoms with Gasteiger partial charge in [-0.15, -0.1) is 0 Å². The fraction of sp³-hybridized carbons (Fsp3) is 0.500. The van der Waals surface area contributed by atoms with Crippen LogP contribution in [0.15, 0.2) is 60.7 Å². The van der Waals surface area contributed by atoms with Crippen molar-refractivity contribution < 1.29 is 4.79 Å². The van der Waals surface area contributed by atoms with Crippen molar-refractivity contribution in [3.63, 3.8) is 0 Å². The van der Waals surface area contributed by atoms with Crippen LogP contribution in [-0.2, 0) is 24.3 Å². The van der Waals surface area contributed by atoms with E-state index in [1.165, 1.54) is 54.0 Å². The van der Waals surface area contributed by atoms with Crippen LogP contribution in [0.4, 0.5) is 0 Å². The summed E-state index contributed by atoms with van der Waals surface area (Å²) in [4.78, 5) is 22.3. The molecular formula is C32H41N5O. The molecule has 3 aliphatic rings. The summed E-state index contributed by atoms with van der Waals surface area (Å²) in [5.74, 6) is 1.24. The Kier molecular flexibility index (Phi) is 7.35. The van der Waals surface area contributed by atoms with Crippen molar-refractivity contribution in [2.45, 2.75) is 89.6 Å². The Morgan fingerprint density at radius 2 is 1.68 bits per heavy atom. The van der Waals surface area contributed by atoms with Crippen LogP contribution in [-0.4, -0.2) is 50.4 Å². The number of aromatic nitrogens is 2. The molecule has 200 valence electrons. The van der Waals surface area contributed by atoms with Gasteiger partial charge in [0.15, 0.2) is 0 Å². The molecule has 1 unspecified atom stereocenters. The maximum atomic E-state index is 11.9. The standard InChI is InChI=1S/C32H41N5O/c1-23-33-31-15-17-35(21-25-9-5-3-6-10-25)22-32(31)37(23)29-19-27-13-14-28(20-29)36(27)18-16-30(34-24(2)38)26-11-7-4-8-12-26/h3-12,27-30H,13-22H2,1-2H3,(H,34,38)/t27-,28+,29?,30-/m0/s1. The minimum atomic E-state index is 0.0437. The molecule has 0 saturated carbocycles. The number of nitrogens with zero attached hydrogens (tertiary/aromatic N) is 4. The molecule has 6 heteroatoms. The van der Waals surface area contributed by atoms with E-state index < -0.39 is 0 Å². The fourth-order valence-corrected chi connectivity index (χ4v) is 7.38. The molecule has 4 atom stereocenters. The number of benzene rings is 2. The molecule has 1 N–H and O–H groups in total. The lowest BCUT2D eigenvalue weighted by Gasteiger charge is -2.41. The summed E-state index contributed by atoms with van der Waals surface area (Å²) in [6.45, 7) is 7.96. The van der Waals surface area contributed by atoms with Crippen molar-refractivity contribution in [3.05, 3.63) is 89.0 Å². The van der Waals surface area contributed by atoms with E-state index in [0.29, 0.717) is 18.1 Å². The van der Waals surface area contributed by atoms with Crippen molar-refractivity contribution in [2.24, 2.45) is 0 Å². The van der Waals surface area contributed by atoms with E-state index in [-0.39, 0.29) is 11.9 Å². The van der Waals surface area contributed by atoms with Crippen molar-refractivity contribution in [2.75, 3.05) is 13.1 Å². The first kappa shape index (κ1) is 25.3. The molecule has 6 rings (SSSR count). The van der Waals surface area contributed by atoms with Crippen molar-refractivity contribution >= 4 is 5.91 Å². The Bertz CT molecular complexity index is 1230. The Balaban J connectivity index is 1.13. The van der Waals surface area contributed by atoms with E-state index in [1.54, 1.807) is 6.92 Å². The topological polar surface area (TPSA) is 53.4 Å². The van der Waals surface area contributed by atoms with Gasteiger partial charge in [0.25, 0.3) is 0 Å². The second kappa shape index (κ2) is 11.0. The van der Waals surface area contributed by atoms with Gasteiger partial charge in [0.05, 0.1) is 17.4 Å². The number of nitrogens with one attached hydrogen (secondary N) is 1. The first-order valence-corrected chi connectivity index (χ1v) is 14.5. The fourth-order valence-electron chi connectivity index (χ4n) is 7.38. The number of imidazole rings is 1. The van der Waals surface area contributed by atoms with Gasteiger partial charge < -0.3 is 9.88 Å². The molecule has 4 heterocycles. The van der Waals surface area contributed by atoms with E-state index in [2.05, 4.69) is 81.2 Å². The molecule has 0 radical (unpaired) electrons. The molecular weight excluding hydrogens is 470 g/mol. The van der Waals surface area contributed by atoms with Gasteiger partial charge in [-0.3, -0.25) is 14.6 Å². The second-order valence-electron chi connectivity index (χ2n) is 11.6. The zero-order chi connectivity index (χ0) is 26.1. The number of carbonyl (C=O) groups excluding carboxylic acids is 1. The summed E-state index contributed by atoms with van der Waals surface area (Å²) in [6.07, 6.45) is 6.98. The minimum Gasteiger partial charge on any atom is -0.349 e. The average molecular weight is 512 g/mol. The van der Waals surface area contributed by atoms with Crippen molar-refractivity contribution in [1.29, 1.82) is 0 Å². The van der Waals surface area contributed by atoms with Gasteiger partial charge >= 0.3 is 0 Å². The molecule has 3 aromatic rings. The highest BCUT2D eigenvalue weighted by atomic mass is 16.1. The molecule has 2 saturated heterocycles. The number of rotatable bonds is 8. The first-order valence-electron chi connectivity index (χ1n) is 14.5. The van der Waals surface area contributed by atoms with E-state index in [4.69, 9.17) is 4.98 Å². The highest BCUT2D eigenvalue weighted by Gasteiger charge is 2.42. The molecule has 1 aromatic heterocycles. The van der Waals surface area contributed by atoms with Gasteiger partial charge in [-0.25, -0.2) is 4.98 Å². The van der Waals surface area contributed by atoms with Crippen LogP contribution in [0.2, 0.25) is 0 Å². The number of amides is 1. The molecule has 38 heavy (non-hydrogen) atoms. The average Bonchev–Trinajstić information content (AvgIpc) is 3.37. The number of hydrogen-bond donors (Lipinski definition) is 1. The van der Waals surface area contributed by atoms with Crippen LogP contribution >= 0.6 is 0 Å². The maximum absolute atomic E-state index is 11.9. The maximum Gasteiger partial charge on any atom is 0.217 e. The van der Waals surface area contributed by atoms with Gasteiger partial charge in [0.2, 0.25) is 5.91 Å². The van der Waals surface area contributed by atoms with Crippen molar-refractivity contribution in [1.82, 2.24) is 24.7 Å². The Hall–Kier alpha value is -2.96. The third-order valence-electron chi connectivity index (χ3n) is 9.04. The number of carbonyl (C=O) groups is 1. The second-order valence-corrected chi connectivity index (χ2v) is 11.6. The third-order valence-corrected chi connectivity index (χ3v) is 9.04.